The van der Waals surface area contributed by atoms with Crippen molar-refractivity contribution in [1.82, 2.24) is 4.57 Å². The second-order valence-corrected chi connectivity index (χ2v) is 7.34. The van der Waals surface area contributed by atoms with Crippen LogP contribution in [-0.4, -0.2) is 21.4 Å². The molecule has 1 aromatic carbocycles. The molecule has 2 heterocycles. The van der Waals surface area contributed by atoms with Crippen LogP contribution in [0, 0.1) is 5.41 Å². The van der Waals surface area contributed by atoms with Crippen molar-refractivity contribution in [3.05, 3.63) is 53.5 Å². The molecule has 0 aliphatic carbocycles. The molecule has 0 saturated carbocycles. The number of hydrogen-bond donors (Lipinski definition) is 2. The summed E-state index contributed by atoms with van der Waals surface area (Å²) in [5.74, 6) is -0.745. The largest absolute Gasteiger partial charge is 0.481 e. The van der Waals surface area contributed by atoms with Crippen molar-refractivity contribution in [3.63, 3.8) is 0 Å². The zero-order valence-electron chi connectivity index (χ0n) is 16.1. The van der Waals surface area contributed by atoms with Crippen molar-refractivity contribution in [1.29, 1.82) is 5.41 Å². The summed E-state index contributed by atoms with van der Waals surface area (Å²) in [7, 11) is 0. The highest BCUT2D eigenvalue weighted by molar-refractivity contribution is 7.12. The highest BCUT2D eigenvalue weighted by Crippen LogP contribution is 2.28. The number of nitrogens with one attached hydrogen (secondary N) is 1. The molecule has 2 N–H and O–H groups in total. The van der Waals surface area contributed by atoms with Crippen molar-refractivity contribution < 1.29 is 9.90 Å². The lowest BCUT2D eigenvalue weighted by molar-refractivity contribution is -0.136. The van der Waals surface area contributed by atoms with Crippen molar-refractivity contribution in [2.75, 3.05) is 0 Å². The molecule has 3 rings (SSSR count). The molecule has 2 aromatic heterocycles. The Morgan fingerprint density at radius 3 is 2.48 bits per heavy atom. The van der Waals surface area contributed by atoms with Crippen LogP contribution >= 0.6 is 11.3 Å². The standard InChI is InChI=1S/C19H22N2S.C3H6O2/c1-2-3-4-5-10-17(20)16-14-21(19-12-8-13-22-19)18-11-7-6-9-15(16)18;1-2-3(4)5/h6-9,11-14,20H,2-5,10H2,1H3;2H2,1H3,(H,4,5). The lowest BCUT2D eigenvalue weighted by Gasteiger charge is -2.02. The number of aliphatic carboxylic acids is 1. The van der Waals surface area contributed by atoms with Crippen LogP contribution in [0.15, 0.2) is 48.0 Å². The normalized spacial score (nSPS) is 10.4. The van der Waals surface area contributed by atoms with E-state index in [2.05, 4.69) is 59.5 Å². The number of fused-ring (bicyclic) bond motifs is 1. The third kappa shape index (κ3) is 5.79. The Labute approximate surface area is 165 Å². The van der Waals surface area contributed by atoms with Crippen molar-refractivity contribution in [3.8, 4) is 5.00 Å². The molecule has 3 aromatic rings. The quantitative estimate of drug-likeness (QED) is 0.343. The van der Waals surface area contributed by atoms with Gasteiger partial charge in [-0.15, -0.1) is 11.3 Å². The number of para-hydroxylation sites is 1. The smallest absolute Gasteiger partial charge is 0.303 e. The van der Waals surface area contributed by atoms with Gasteiger partial charge in [-0.2, -0.15) is 0 Å². The van der Waals surface area contributed by atoms with Gasteiger partial charge in [-0.1, -0.05) is 51.3 Å². The van der Waals surface area contributed by atoms with Crippen LogP contribution in [0.3, 0.4) is 0 Å². The fourth-order valence-electron chi connectivity index (χ4n) is 2.87. The summed E-state index contributed by atoms with van der Waals surface area (Å²) in [6, 6.07) is 12.6. The van der Waals surface area contributed by atoms with E-state index >= 15 is 0 Å². The first-order valence-corrected chi connectivity index (χ1v) is 10.4. The van der Waals surface area contributed by atoms with Gasteiger partial charge in [0.25, 0.3) is 0 Å². The number of rotatable bonds is 8. The molecular weight excluding hydrogens is 356 g/mol. The van der Waals surface area contributed by atoms with Crippen molar-refractivity contribution >= 4 is 33.9 Å². The zero-order valence-corrected chi connectivity index (χ0v) is 16.9. The van der Waals surface area contributed by atoms with Gasteiger partial charge in [-0.25, -0.2) is 0 Å². The average molecular weight is 385 g/mol. The minimum Gasteiger partial charge on any atom is -0.481 e. The van der Waals surface area contributed by atoms with Gasteiger partial charge in [-0.05, 0) is 36.4 Å². The highest BCUT2D eigenvalue weighted by atomic mass is 32.1. The minimum atomic E-state index is -0.745. The molecule has 0 fully saturated rings. The van der Waals surface area contributed by atoms with Gasteiger partial charge in [0.1, 0.15) is 0 Å². The number of unbranched alkanes of at least 4 members (excludes halogenated alkanes) is 3. The minimum absolute atomic E-state index is 0.222. The van der Waals surface area contributed by atoms with Gasteiger partial charge in [-0.3, -0.25) is 4.79 Å². The Bertz CT molecular complexity index is 866. The number of nitrogens with zero attached hydrogens (tertiary/aromatic N) is 1. The molecule has 0 saturated heterocycles. The molecule has 0 unspecified atom stereocenters. The van der Waals surface area contributed by atoms with Gasteiger partial charge in [0.2, 0.25) is 0 Å². The Hall–Kier alpha value is -2.40. The monoisotopic (exact) mass is 384 g/mol. The van der Waals surface area contributed by atoms with Crippen LogP contribution in [0.4, 0.5) is 0 Å². The van der Waals surface area contributed by atoms with Crippen LogP contribution in [0.5, 0.6) is 0 Å². The second kappa shape index (κ2) is 10.7. The first-order valence-electron chi connectivity index (χ1n) is 9.52. The van der Waals surface area contributed by atoms with Gasteiger partial charge in [0.15, 0.2) is 0 Å². The number of thiophene rings is 1. The Morgan fingerprint density at radius 2 is 1.85 bits per heavy atom. The van der Waals surface area contributed by atoms with E-state index in [0.29, 0.717) is 0 Å². The predicted octanol–water partition coefficient (Wildman–Crippen LogP) is 6.51. The highest BCUT2D eigenvalue weighted by Gasteiger charge is 2.13. The molecule has 27 heavy (non-hydrogen) atoms. The summed E-state index contributed by atoms with van der Waals surface area (Å²) >= 11 is 1.73. The van der Waals surface area contributed by atoms with Crippen LogP contribution in [-0.2, 0) is 4.79 Å². The van der Waals surface area contributed by atoms with Gasteiger partial charge >= 0.3 is 5.97 Å². The molecule has 0 spiro atoms. The topological polar surface area (TPSA) is 66.1 Å². The fourth-order valence-corrected chi connectivity index (χ4v) is 3.59. The summed E-state index contributed by atoms with van der Waals surface area (Å²) in [4.78, 5) is 9.37. The van der Waals surface area contributed by atoms with Crippen LogP contribution in [0.2, 0.25) is 0 Å². The summed E-state index contributed by atoms with van der Waals surface area (Å²) < 4.78 is 2.22. The SMILES string of the molecule is CCC(=O)O.CCCCCCC(=N)c1cn(-c2cccs2)c2ccccc12. The average Bonchev–Trinajstić information content (AvgIpc) is 3.33. The Balaban J connectivity index is 0.000000465. The molecule has 0 amide bonds. The molecule has 0 bridgehead atoms. The molecule has 4 nitrogen and oxygen atoms in total. The molecule has 5 heteroatoms. The van der Waals surface area contributed by atoms with E-state index < -0.39 is 5.97 Å². The number of aromatic nitrogens is 1. The zero-order chi connectivity index (χ0) is 19.6. The Kier molecular flexibility index (Phi) is 8.27. The maximum absolute atomic E-state index is 9.37. The fraction of sp³-hybridized carbons (Fsp3) is 0.364. The molecule has 0 aliphatic heterocycles. The number of hydrogen-bond acceptors (Lipinski definition) is 3. The third-order valence-corrected chi connectivity index (χ3v) is 5.23. The van der Waals surface area contributed by atoms with Crippen molar-refractivity contribution in [2.45, 2.75) is 52.4 Å². The maximum Gasteiger partial charge on any atom is 0.303 e. The van der Waals surface area contributed by atoms with Crippen LogP contribution in [0.25, 0.3) is 15.9 Å². The lowest BCUT2D eigenvalue weighted by atomic mass is 10.0. The molecule has 0 aliphatic rings. The van der Waals surface area contributed by atoms with Crippen molar-refractivity contribution in [2.24, 2.45) is 0 Å². The summed E-state index contributed by atoms with van der Waals surface area (Å²) in [6.45, 7) is 3.82. The second-order valence-electron chi connectivity index (χ2n) is 6.42. The first-order chi connectivity index (χ1) is 13.1. The van der Waals surface area contributed by atoms with E-state index in [1.807, 2.05) is 0 Å². The summed E-state index contributed by atoms with van der Waals surface area (Å²) in [6.07, 6.45) is 8.08. The number of carboxylic acids is 1. The van der Waals surface area contributed by atoms with E-state index in [0.717, 1.165) is 24.1 Å². The maximum atomic E-state index is 9.37. The van der Waals surface area contributed by atoms with E-state index in [1.165, 1.54) is 35.2 Å². The van der Waals surface area contributed by atoms with E-state index in [1.54, 1.807) is 18.3 Å². The molecule has 144 valence electrons. The van der Waals surface area contributed by atoms with E-state index in [4.69, 9.17) is 10.5 Å². The Morgan fingerprint density at radius 1 is 1.11 bits per heavy atom. The van der Waals surface area contributed by atoms with Gasteiger partial charge < -0.3 is 15.1 Å². The number of carbonyl (C=O) groups is 1. The number of benzene rings is 1. The summed E-state index contributed by atoms with van der Waals surface area (Å²) in [5, 5.41) is 20.7. The first kappa shape index (κ1) is 20.9. The lowest BCUT2D eigenvalue weighted by Crippen LogP contribution is -1.98. The predicted molar refractivity (Wildman–Crippen MR) is 115 cm³/mol. The molecule has 0 radical (unpaired) electrons. The molecular formula is C22H28N2O2S. The van der Waals surface area contributed by atoms with Crippen LogP contribution in [0.1, 0.15) is 57.9 Å². The van der Waals surface area contributed by atoms with E-state index in [9.17, 15) is 4.79 Å². The van der Waals surface area contributed by atoms with Gasteiger partial charge in [0.05, 0.1) is 10.5 Å². The third-order valence-electron chi connectivity index (χ3n) is 4.36. The summed E-state index contributed by atoms with van der Waals surface area (Å²) in [5.41, 5.74) is 3.04. The molecule has 0 atom stereocenters. The van der Waals surface area contributed by atoms with Gasteiger partial charge in [0, 0.05) is 29.3 Å². The van der Waals surface area contributed by atoms with E-state index in [-0.39, 0.29) is 6.42 Å². The van der Waals surface area contributed by atoms with Crippen LogP contribution < -0.4 is 0 Å². The number of carboxylic acid groups (broad SMARTS) is 1.